The molecule has 4 nitrogen and oxygen atoms in total. The minimum atomic E-state index is -0.187. The van der Waals surface area contributed by atoms with Crippen molar-refractivity contribution in [2.24, 2.45) is 11.8 Å². The highest BCUT2D eigenvalue weighted by Crippen LogP contribution is 2.37. The van der Waals surface area contributed by atoms with E-state index in [1.165, 1.54) is 36.1 Å². The lowest BCUT2D eigenvalue weighted by atomic mass is 10.00. The van der Waals surface area contributed by atoms with Gasteiger partial charge in [-0.05, 0) is 49.7 Å². The van der Waals surface area contributed by atoms with Crippen LogP contribution in [0.1, 0.15) is 59.1 Å². The van der Waals surface area contributed by atoms with Crippen LogP contribution in [0.3, 0.4) is 0 Å². The number of hydrogen-bond acceptors (Lipinski definition) is 3. The molecule has 1 aromatic heterocycles. The van der Waals surface area contributed by atoms with Crippen molar-refractivity contribution in [3.8, 4) is 0 Å². The van der Waals surface area contributed by atoms with Gasteiger partial charge < -0.3 is 0 Å². The number of hydrogen-bond donors (Lipinski definition) is 2. The number of carbonyl (C=O) groups excluding carboxylic acids is 2. The first-order chi connectivity index (χ1) is 10.1. The zero-order chi connectivity index (χ0) is 14.8. The Morgan fingerprint density at radius 1 is 1.14 bits per heavy atom. The summed E-state index contributed by atoms with van der Waals surface area (Å²) in [7, 11) is 0. The Morgan fingerprint density at radius 2 is 1.86 bits per heavy atom. The normalized spacial score (nSPS) is 24.4. The summed E-state index contributed by atoms with van der Waals surface area (Å²) >= 11 is 1.58. The smallest absolute Gasteiger partial charge is 0.273 e. The first-order valence-corrected chi connectivity index (χ1v) is 8.68. The molecular formula is C16H22N2O2S. The van der Waals surface area contributed by atoms with Crippen molar-refractivity contribution in [1.82, 2.24) is 10.9 Å². The van der Waals surface area contributed by atoms with E-state index in [-0.39, 0.29) is 17.7 Å². The molecule has 21 heavy (non-hydrogen) atoms. The third-order valence-corrected chi connectivity index (χ3v) is 5.70. The van der Waals surface area contributed by atoms with Gasteiger partial charge in [0.2, 0.25) is 5.91 Å². The highest BCUT2D eigenvalue weighted by molar-refractivity contribution is 7.14. The van der Waals surface area contributed by atoms with E-state index in [0.717, 1.165) is 19.3 Å². The summed E-state index contributed by atoms with van der Waals surface area (Å²) in [5.41, 5.74) is 6.43. The minimum absolute atomic E-state index is 0.0641. The van der Waals surface area contributed by atoms with Crippen LogP contribution in [0.5, 0.6) is 0 Å². The van der Waals surface area contributed by atoms with Gasteiger partial charge in [-0.3, -0.25) is 20.4 Å². The molecule has 0 saturated heterocycles. The number of rotatable bonds is 2. The third kappa shape index (κ3) is 3.46. The van der Waals surface area contributed by atoms with Crippen LogP contribution >= 0.6 is 11.3 Å². The van der Waals surface area contributed by atoms with Gasteiger partial charge in [0.15, 0.2) is 0 Å². The van der Waals surface area contributed by atoms with E-state index >= 15 is 0 Å². The second kappa shape index (κ2) is 6.18. The van der Waals surface area contributed by atoms with Gasteiger partial charge in [0.05, 0.1) is 4.88 Å². The summed E-state index contributed by atoms with van der Waals surface area (Å²) in [4.78, 5) is 25.9. The predicted octanol–water partition coefficient (Wildman–Crippen LogP) is 2.82. The molecular weight excluding hydrogens is 284 g/mol. The molecule has 2 unspecified atom stereocenters. The summed E-state index contributed by atoms with van der Waals surface area (Å²) in [6.07, 6.45) is 8.08. The van der Waals surface area contributed by atoms with Crippen LogP contribution in [0.2, 0.25) is 0 Å². The van der Waals surface area contributed by atoms with E-state index in [0.29, 0.717) is 10.8 Å². The van der Waals surface area contributed by atoms with Crippen LogP contribution in [0.15, 0.2) is 6.07 Å². The summed E-state index contributed by atoms with van der Waals surface area (Å²) in [5, 5.41) is 0. The van der Waals surface area contributed by atoms with Gasteiger partial charge in [0, 0.05) is 10.8 Å². The maximum atomic E-state index is 12.1. The lowest BCUT2D eigenvalue weighted by molar-refractivity contribution is -0.123. The molecule has 5 heteroatoms. The van der Waals surface area contributed by atoms with E-state index < -0.39 is 0 Å². The molecule has 0 aliphatic heterocycles. The number of hydrazine groups is 1. The molecule has 2 aliphatic carbocycles. The molecule has 0 aromatic carbocycles. The number of amides is 2. The lowest BCUT2D eigenvalue weighted by Crippen LogP contribution is -2.42. The molecule has 0 radical (unpaired) electrons. The largest absolute Gasteiger partial charge is 0.279 e. The van der Waals surface area contributed by atoms with Crippen LogP contribution in [-0.4, -0.2) is 11.8 Å². The van der Waals surface area contributed by atoms with Gasteiger partial charge in [-0.25, -0.2) is 0 Å². The van der Waals surface area contributed by atoms with Crippen molar-refractivity contribution < 1.29 is 9.59 Å². The van der Waals surface area contributed by atoms with E-state index in [2.05, 4.69) is 10.9 Å². The summed E-state index contributed by atoms with van der Waals surface area (Å²) < 4.78 is 0. The van der Waals surface area contributed by atoms with Crippen molar-refractivity contribution in [2.45, 2.75) is 51.9 Å². The Hall–Kier alpha value is -1.36. The van der Waals surface area contributed by atoms with Crippen molar-refractivity contribution >= 4 is 23.2 Å². The molecule has 0 spiro atoms. The zero-order valence-electron chi connectivity index (χ0n) is 12.4. The Bertz CT molecular complexity index is 527. The topological polar surface area (TPSA) is 58.2 Å². The number of aryl methyl sites for hydroxylation is 2. The number of carbonyl (C=O) groups is 2. The van der Waals surface area contributed by atoms with Gasteiger partial charge >= 0.3 is 0 Å². The summed E-state index contributed by atoms with van der Waals surface area (Å²) in [6, 6.07) is 2.01. The van der Waals surface area contributed by atoms with Crippen molar-refractivity contribution in [1.29, 1.82) is 0 Å². The molecule has 2 N–H and O–H groups in total. The molecule has 114 valence electrons. The number of fused-ring (bicyclic) bond motifs is 1. The van der Waals surface area contributed by atoms with Crippen molar-refractivity contribution in [2.75, 3.05) is 0 Å². The average Bonchev–Trinajstić information content (AvgIpc) is 3.05. The fourth-order valence-electron chi connectivity index (χ4n) is 2.92. The van der Waals surface area contributed by atoms with Gasteiger partial charge in [-0.2, -0.15) is 0 Å². The van der Waals surface area contributed by atoms with Crippen LogP contribution in [0.25, 0.3) is 0 Å². The third-order valence-electron chi connectivity index (χ3n) is 4.47. The van der Waals surface area contributed by atoms with Gasteiger partial charge in [0.25, 0.3) is 5.91 Å². The van der Waals surface area contributed by atoms with Crippen LogP contribution < -0.4 is 10.9 Å². The Kier molecular flexibility index (Phi) is 4.29. The first-order valence-electron chi connectivity index (χ1n) is 7.87. The maximum Gasteiger partial charge on any atom is 0.279 e. The van der Waals surface area contributed by atoms with Crippen LogP contribution in [0, 0.1) is 11.8 Å². The summed E-state index contributed by atoms with van der Waals surface area (Å²) in [5.74, 6) is 0.275. The molecule has 3 rings (SSSR count). The molecule has 2 atom stereocenters. The fraction of sp³-hybridized carbons (Fsp3) is 0.625. The molecule has 1 aromatic rings. The van der Waals surface area contributed by atoms with Crippen molar-refractivity contribution in [3.05, 3.63) is 21.4 Å². The fourth-order valence-corrected chi connectivity index (χ4v) is 4.07. The SMILES string of the molecule is CC1CC1C(=O)NNC(=O)c1cc2c(s1)CCCCCC2. The highest BCUT2D eigenvalue weighted by atomic mass is 32.1. The Morgan fingerprint density at radius 3 is 2.57 bits per heavy atom. The van der Waals surface area contributed by atoms with Crippen LogP contribution in [-0.2, 0) is 17.6 Å². The van der Waals surface area contributed by atoms with Crippen molar-refractivity contribution in [3.63, 3.8) is 0 Å². The quantitative estimate of drug-likeness (QED) is 0.826. The molecule has 0 bridgehead atoms. The maximum absolute atomic E-state index is 12.1. The molecule has 1 fully saturated rings. The van der Waals surface area contributed by atoms with Crippen LogP contribution in [0.4, 0.5) is 0 Å². The van der Waals surface area contributed by atoms with E-state index in [9.17, 15) is 9.59 Å². The molecule has 2 aliphatic rings. The Labute approximate surface area is 129 Å². The van der Waals surface area contributed by atoms with Gasteiger partial charge in [0.1, 0.15) is 0 Å². The lowest BCUT2D eigenvalue weighted by Gasteiger charge is -2.07. The second-order valence-corrected chi connectivity index (χ2v) is 7.37. The predicted molar refractivity (Wildman–Crippen MR) is 83.1 cm³/mol. The molecule has 2 amide bonds. The first kappa shape index (κ1) is 14.6. The van der Waals surface area contributed by atoms with E-state index in [1.54, 1.807) is 11.3 Å². The number of thiophene rings is 1. The molecule has 1 heterocycles. The average molecular weight is 306 g/mol. The second-order valence-electron chi connectivity index (χ2n) is 6.24. The van der Waals surface area contributed by atoms with E-state index in [1.807, 2.05) is 13.0 Å². The van der Waals surface area contributed by atoms with Gasteiger partial charge in [-0.1, -0.05) is 19.8 Å². The van der Waals surface area contributed by atoms with E-state index in [4.69, 9.17) is 0 Å². The Balaban J connectivity index is 1.59. The monoisotopic (exact) mass is 306 g/mol. The minimum Gasteiger partial charge on any atom is -0.273 e. The van der Waals surface area contributed by atoms with Gasteiger partial charge in [-0.15, -0.1) is 11.3 Å². The standard InChI is InChI=1S/C16H22N2O2S/c1-10-8-12(10)15(19)17-18-16(20)14-9-11-6-4-2-3-5-7-13(11)21-14/h9-10,12H,2-8H2,1H3,(H,17,19)(H,18,20). The highest BCUT2D eigenvalue weighted by Gasteiger charge is 2.39. The number of nitrogens with one attached hydrogen (secondary N) is 2. The summed E-state index contributed by atoms with van der Waals surface area (Å²) in [6.45, 7) is 2.05. The molecule has 1 saturated carbocycles. The zero-order valence-corrected chi connectivity index (χ0v) is 13.2.